The lowest BCUT2D eigenvalue weighted by molar-refractivity contribution is -0.124. The van der Waals surface area contributed by atoms with Gasteiger partial charge in [0.15, 0.2) is 6.61 Å². The number of amides is 1. The van der Waals surface area contributed by atoms with E-state index in [4.69, 9.17) is 4.74 Å². The Hall–Kier alpha value is -3.21. The average Bonchev–Trinajstić information content (AvgIpc) is 3.22. The van der Waals surface area contributed by atoms with Crippen LogP contribution in [0.2, 0.25) is 0 Å². The van der Waals surface area contributed by atoms with Gasteiger partial charge >= 0.3 is 5.97 Å². The van der Waals surface area contributed by atoms with Crippen LogP contribution in [0.15, 0.2) is 54.6 Å². The summed E-state index contributed by atoms with van der Waals surface area (Å²) in [6.07, 6.45) is 4.43. The van der Waals surface area contributed by atoms with Crippen LogP contribution in [0.5, 0.6) is 0 Å². The maximum atomic E-state index is 12.8. The van der Waals surface area contributed by atoms with Gasteiger partial charge in [-0.25, -0.2) is 4.79 Å². The van der Waals surface area contributed by atoms with Crippen LogP contribution in [0, 0.1) is 0 Å². The SMILES string of the molecule is O=C(COC(=O)c1c2c(nc3ccccc13)CCC2)NCCCc1ccccc1. The average molecular weight is 388 g/mol. The van der Waals surface area contributed by atoms with Gasteiger partial charge in [0.05, 0.1) is 11.1 Å². The van der Waals surface area contributed by atoms with E-state index in [-0.39, 0.29) is 12.5 Å². The Bertz CT molecular complexity index is 1030. The standard InChI is InChI=1S/C24H24N2O3/c27-22(25-15-7-10-17-8-2-1-3-9-17)16-29-24(28)23-18-11-4-5-13-20(18)26-21-14-6-12-19(21)23/h1-5,8-9,11,13H,6-7,10,12,14-16H2,(H,25,27). The number of nitrogens with one attached hydrogen (secondary N) is 1. The molecule has 29 heavy (non-hydrogen) atoms. The molecule has 0 radical (unpaired) electrons. The van der Waals surface area contributed by atoms with Crippen LogP contribution in [-0.4, -0.2) is 30.0 Å². The molecule has 2 aromatic carbocycles. The van der Waals surface area contributed by atoms with E-state index < -0.39 is 5.97 Å². The minimum Gasteiger partial charge on any atom is -0.452 e. The summed E-state index contributed by atoms with van der Waals surface area (Å²) in [5.74, 6) is -0.720. The highest BCUT2D eigenvalue weighted by Crippen LogP contribution is 2.30. The lowest BCUT2D eigenvalue weighted by atomic mass is 10.0. The lowest BCUT2D eigenvalue weighted by Gasteiger charge is -2.12. The molecule has 4 rings (SSSR count). The number of nitrogens with zero attached hydrogens (tertiary/aromatic N) is 1. The molecule has 0 bridgehead atoms. The fourth-order valence-electron chi connectivity index (χ4n) is 3.86. The van der Waals surface area contributed by atoms with Crippen LogP contribution in [0.25, 0.3) is 10.9 Å². The van der Waals surface area contributed by atoms with E-state index in [2.05, 4.69) is 22.4 Å². The summed E-state index contributed by atoms with van der Waals surface area (Å²) in [6, 6.07) is 17.7. The molecule has 3 aromatic rings. The third-order valence-electron chi connectivity index (χ3n) is 5.26. The Labute approximate surface area is 170 Å². The largest absolute Gasteiger partial charge is 0.452 e. The Balaban J connectivity index is 1.34. The predicted octanol–water partition coefficient (Wildman–Crippen LogP) is 3.63. The molecule has 5 heteroatoms. The number of pyridine rings is 1. The molecular weight excluding hydrogens is 364 g/mol. The Morgan fingerprint density at radius 3 is 2.66 bits per heavy atom. The van der Waals surface area contributed by atoms with Gasteiger partial charge in [-0.2, -0.15) is 0 Å². The maximum Gasteiger partial charge on any atom is 0.339 e. The molecule has 1 N–H and O–H groups in total. The number of esters is 1. The summed E-state index contributed by atoms with van der Waals surface area (Å²) in [7, 11) is 0. The zero-order chi connectivity index (χ0) is 20.1. The van der Waals surface area contributed by atoms with Crippen LogP contribution in [0.4, 0.5) is 0 Å². The minimum absolute atomic E-state index is 0.268. The number of carbonyl (C=O) groups excluding carboxylic acids is 2. The molecule has 0 saturated carbocycles. The first-order valence-corrected chi connectivity index (χ1v) is 10.1. The molecule has 0 unspecified atom stereocenters. The number of aromatic nitrogens is 1. The number of hydrogen-bond donors (Lipinski definition) is 1. The van der Waals surface area contributed by atoms with Gasteiger partial charge in [-0.3, -0.25) is 9.78 Å². The van der Waals surface area contributed by atoms with Gasteiger partial charge in [0.1, 0.15) is 0 Å². The number of carbonyl (C=O) groups is 2. The molecule has 0 aliphatic heterocycles. The molecule has 1 aliphatic rings. The molecule has 1 aliphatic carbocycles. The zero-order valence-electron chi connectivity index (χ0n) is 16.3. The van der Waals surface area contributed by atoms with Crippen LogP contribution < -0.4 is 5.32 Å². The summed E-state index contributed by atoms with van der Waals surface area (Å²) in [5.41, 5.74) is 4.55. The smallest absolute Gasteiger partial charge is 0.339 e. The molecule has 148 valence electrons. The van der Waals surface area contributed by atoms with Crippen LogP contribution in [0.3, 0.4) is 0 Å². The molecule has 1 amide bonds. The number of aryl methyl sites for hydroxylation is 2. The van der Waals surface area contributed by atoms with Crippen molar-refractivity contribution in [3.8, 4) is 0 Å². The first-order valence-electron chi connectivity index (χ1n) is 10.1. The van der Waals surface area contributed by atoms with Gasteiger partial charge in [-0.05, 0) is 49.3 Å². The van der Waals surface area contributed by atoms with Gasteiger partial charge in [-0.15, -0.1) is 0 Å². The summed E-state index contributed by atoms with van der Waals surface area (Å²) in [5, 5.41) is 3.61. The highest BCUT2D eigenvalue weighted by atomic mass is 16.5. The first kappa shape index (κ1) is 19.1. The monoisotopic (exact) mass is 388 g/mol. The van der Waals surface area contributed by atoms with Crippen molar-refractivity contribution in [3.05, 3.63) is 77.0 Å². The van der Waals surface area contributed by atoms with Crippen molar-refractivity contribution in [2.45, 2.75) is 32.1 Å². The van der Waals surface area contributed by atoms with Crippen molar-refractivity contribution in [1.82, 2.24) is 10.3 Å². The van der Waals surface area contributed by atoms with E-state index in [1.165, 1.54) is 5.56 Å². The third-order valence-corrected chi connectivity index (χ3v) is 5.26. The fraction of sp³-hybridized carbons (Fsp3) is 0.292. The second-order valence-electron chi connectivity index (χ2n) is 7.30. The van der Waals surface area contributed by atoms with E-state index in [1.807, 2.05) is 42.5 Å². The van der Waals surface area contributed by atoms with Crippen molar-refractivity contribution < 1.29 is 14.3 Å². The van der Waals surface area contributed by atoms with Gasteiger partial charge < -0.3 is 10.1 Å². The van der Waals surface area contributed by atoms with E-state index in [0.717, 1.165) is 54.3 Å². The fourth-order valence-corrected chi connectivity index (χ4v) is 3.86. The molecule has 0 saturated heterocycles. The van der Waals surface area contributed by atoms with Crippen molar-refractivity contribution in [1.29, 1.82) is 0 Å². The predicted molar refractivity (Wildman–Crippen MR) is 112 cm³/mol. The van der Waals surface area contributed by atoms with E-state index >= 15 is 0 Å². The van der Waals surface area contributed by atoms with E-state index in [9.17, 15) is 9.59 Å². The molecule has 0 atom stereocenters. The Morgan fingerprint density at radius 2 is 1.79 bits per heavy atom. The first-order chi connectivity index (χ1) is 14.2. The number of rotatable bonds is 7. The third kappa shape index (κ3) is 4.45. The molecule has 1 heterocycles. The molecule has 0 spiro atoms. The Kier molecular flexibility index (Phi) is 5.84. The molecular formula is C24H24N2O3. The maximum absolute atomic E-state index is 12.8. The molecule has 5 nitrogen and oxygen atoms in total. The van der Waals surface area contributed by atoms with Crippen molar-refractivity contribution in [2.75, 3.05) is 13.2 Å². The Morgan fingerprint density at radius 1 is 1.00 bits per heavy atom. The number of ether oxygens (including phenoxy) is 1. The van der Waals surface area contributed by atoms with Crippen LogP contribution in [0.1, 0.15) is 40.0 Å². The normalized spacial score (nSPS) is 12.6. The summed E-state index contributed by atoms with van der Waals surface area (Å²) in [4.78, 5) is 29.6. The summed E-state index contributed by atoms with van der Waals surface area (Å²) in [6.45, 7) is 0.286. The van der Waals surface area contributed by atoms with Crippen molar-refractivity contribution in [2.24, 2.45) is 0 Å². The van der Waals surface area contributed by atoms with Gasteiger partial charge in [-0.1, -0.05) is 48.5 Å². The number of benzene rings is 2. The van der Waals surface area contributed by atoms with E-state index in [0.29, 0.717) is 12.1 Å². The van der Waals surface area contributed by atoms with Crippen LogP contribution >= 0.6 is 0 Å². The molecule has 0 fully saturated rings. The highest BCUT2D eigenvalue weighted by Gasteiger charge is 2.25. The quantitative estimate of drug-likeness (QED) is 0.496. The number of hydrogen-bond acceptors (Lipinski definition) is 4. The second kappa shape index (κ2) is 8.86. The van der Waals surface area contributed by atoms with Crippen molar-refractivity contribution >= 4 is 22.8 Å². The van der Waals surface area contributed by atoms with Gasteiger partial charge in [0.25, 0.3) is 5.91 Å². The number of para-hydroxylation sites is 1. The lowest BCUT2D eigenvalue weighted by Crippen LogP contribution is -2.30. The van der Waals surface area contributed by atoms with Crippen molar-refractivity contribution in [3.63, 3.8) is 0 Å². The minimum atomic E-state index is -0.443. The van der Waals surface area contributed by atoms with E-state index in [1.54, 1.807) is 0 Å². The molecule has 1 aromatic heterocycles. The highest BCUT2D eigenvalue weighted by molar-refractivity contribution is 6.05. The van der Waals surface area contributed by atoms with Gasteiger partial charge in [0.2, 0.25) is 0 Å². The second-order valence-corrected chi connectivity index (χ2v) is 7.30. The summed E-state index contributed by atoms with van der Waals surface area (Å²) < 4.78 is 5.36. The topological polar surface area (TPSA) is 68.3 Å². The van der Waals surface area contributed by atoms with Gasteiger partial charge in [0, 0.05) is 17.6 Å². The zero-order valence-corrected chi connectivity index (χ0v) is 16.3. The van der Waals surface area contributed by atoms with Crippen LogP contribution in [-0.2, 0) is 28.8 Å². The number of fused-ring (bicyclic) bond motifs is 2. The summed E-state index contributed by atoms with van der Waals surface area (Å²) >= 11 is 0.